The number of carbonyl (C=O) groups is 1. The highest BCUT2D eigenvalue weighted by atomic mass is 32.2. The van der Waals surface area contributed by atoms with E-state index in [9.17, 15) is 4.79 Å². The van der Waals surface area contributed by atoms with Gasteiger partial charge in [-0.1, -0.05) is 29.5 Å². The third-order valence-electron chi connectivity index (χ3n) is 4.71. The summed E-state index contributed by atoms with van der Waals surface area (Å²) in [4.78, 5) is 17.0. The van der Waals surface area contributed by atoms with Gasteiger partial charge >= 0.3 is 0 Å². The molecule has 29 heavy (non-hydrogen) atoms. The molecule has 4 aromatic rings. The molecule has 0 aliphatic rings. The van der Waals surface area contributed by atoms with Crippen molar-refractivity contribution < 1.29 is 4.79 Å². The van der Waals surface area contributed by atoms with E-state index in [0.717, 1.165) is 27.6 Å². The lowest BCUT2D eigenvalue weighted by molar-refractivity contribution is 0.0956. The van der Waals surface area contributed by atoms with Crippen LogP contribution in [0.5, 0.6) is 0 Å². The van der Waals surface area contributed by atoms with Crippen LogP contribution in [-0.2, 0) is 7.05 Å². The molecule has 0 bridgehead atoms. The Hall–Kier alpha value is -3.13. The monoisotopic (exact) mass is 406 g/mol. The summed E-state index contributed by atoms with van der Waals surface area (Å²) in [5.41, 5.74) is 5.89. The van der Waals surface area contributed by atoms with E-state index >= 15 is 0 Å². The van der Waals surface area contributed by atoms with E-state index in [4.69, 9.17) is 0 Å². The highest BCUT2D eigenvalue weighted by Crippen LogP contribution is 2.22. The van der Waals surface area contributed by atoms with Gasteiger partial charge in [0.2, 0.25) is 0 Å². The van der Waals surface area contributed by atoms with E-state index < -0.39 is 0 Å². The zero-order chi connectivity index (χ0) is 20.4. The molecule has 0 spiro atoms. The van der Waals surface area contributed by atoms with Gasteiger partial charge in [0, 0.05) is 24.9 Å². The Morgan fingerprint density at radius 1 is 1.14 bits per heavy atom. The van der Waals surface area contributed by atoms with Crippen LogP contribution in [0.15, 0.2) is 54.2 Å². The second kappa shape index (κ2) is 8.08. The van der Waals surface area contributed by atoms with Crippen molar-refractivity contribution in [2.75, 3.05) is 12.3 Å². The maximum absolute atomic E-state index is 12.5. The first-order valence-corrected chi connectivity index (χ1v) is 10.3. The van der Waals surface area contributed by atoms with Gasteiger partial charge in [0.05, 0.1) is 16.7 Å². The number of imidazole rings is 1. The first-order valence-electron chi connectivity index (χ1n) is 9.32. The fourth-order valence-corrected chi connectivity index (χ4v) is 3.98. The number of amides is 1. The van der Waals surface area contributed by atoms with E-state index in [0.29, 0.717) is 12.1 Å². The zero-order valence-corrected chi connectivity index (χ0v) is 17.4. The number of aromatic nitrogens is 5. The van der Waals surface area contributed by atoms with E-state index in [1.165, 1.54) is 11.1 Å². The molecule has 1 amide bonds. The summed E-state index contributed by atoms with van der Waals surface area (Å²) < 4.78 is 3.91. The molecule has 0 unspecified atom stereocenters. The number of carbonyl (C=O) groups excluding carboxylic acids is 1. The Labute approximate surface area is 173 Å². The minimum atomic E-state index is -0.105. The lowest BCUT2D eigenvalue weighted by Crippen LogP contribution is -2.25. The van der Waals surface area contributed by atoms with Crippen molar-refractivity contribution in [3.8, 4) is 5.69 Å². The van der Waals surface area contributed by atoms with Gasteiger partial charge in [-0.05, 0) is 43.7 Å². The summed E-state index contributed by atoms with van der Waals surface area (Å²) >= 11 is 1.56. The highest BCUT2D eigenvalue weighted by Gasteiger charge is 2.11. The predicted octanol–water partition coefficient (Wildman–Crippen LogP) is 3.29. The first kappa shape index (κ1) is 19.2. The number of fused-ring (bicyclic) bond motifs is 1. The van der Waals surface area contributed by atoms with Gasteiger partial charge in [0.25, 0.3) is 5.91 Å². The Morgan fingerprint density at radius 3 is 2.76 bits per heavy atom. The van der Waals surface area contributed by atoms with Crippen LogP contribution in [-0.4, -0.2) is 42.5 Å². The van der Waals surface area contributed by atoms with E-state index in [2.05, 4.69) is 57.1 Å². The fourth-order valence-electron chi connectivity index (χ4n) is 3.23. The number of rotatable bonds is 6. The van der Waals surface area contributed by atoms with Gasteiger partial charge in [0.15, 0.2) is 5.16 Å². The summed E-state index contributed by atoms with van der Waals surface area (Å²) in [7, 11) is 1.90. The molecule has 1 N–H and O–H groups in total. The van der Waals surface area contributed by atoms with Crippen LogP contribution in [0.25, 0.3) is 16.7 Å². The third-order valence-corrected chi connectivity index (χ3v) is 5.75. The van der Waals surface area contributed by atoms with Crippen LogP contribution in [0.4, 0.5) is 0 Å². The van der Waals surface area contributed by atoms with Crippen LogP contribution < -0.4 is 5.32 Å². The van der Waals surface area contributed by atoms with Crippen LogP contribution in [0.1, 0.15) is 21.5 Å². The summed E-state index contributed by atoms with van der Waals surface area (Å²) in [6.07, 6.45) is 3.47. The summed E-state index contributed by atoms with van der Waals surface area (Å²) in [6.45, 7) is 4.72. The summed E-state index contributed by atoms with van der Waals surface area (Å²) in [5.74, 6) is 0.619. The van der Waals surface area contributed by atoms with E-state index in [-0.39, 0.29) is 5.91 Å². The van der Waals surface area contributed by atoms with Crippen molar-refractivity contribution in [1.29, 1.82) is 0 Å². The van der Waals surface area contributed by atoms with Gasteiger partial charge in [-0.25, -0.2) is 4.98 Å². The van der Waals surface area contributed by atoms with Crippen LogP contribution in [0.3, 0.4) is 0 Å². The number of benzene rings is 2. The molecule has 2 heterocycles. The first-order chi connectivity index (χ1) is 14.0. The van der Waals surface area contributed by atoms with Crippen LogP contribution in [0.2, 0.25) is 0 Å². The average molecular weight is 407 g/mol. The number of nitrogens with zero attached hydrogens (tertiary/aromatic N) is 5. The molecule has 0 atom stereocenters. The van der Waals surface area contributed by atoms with Crippen molar-refractivity contribution in [2.24, 2.45) is 7.05 Å². The largest absolute Gasteiger partial charge is 0.351 e. The van der Waals surface area contributed by atoms with Gasteiger partial charge in [-0.3, -0.25) is 9.36 Å². The molecular weight excluding hydrogens is 384 g/mol. The van der Waals surface area contributed by atoms with Crippen molar-refractivity contribution in [2.45, 2.75) is 19.0 Å². The smallest absolute Gasteiger partial charge is 0.251 e. The van der Waals surface area contributed by atoms with E-state index in [1.807, 2.05) is 36.1 Å². The van der Waals surface area contributed by atoms with Crippen molar-refractivity contribution in [3.05, 3.63) is 65.7 Å². The predicted molar refractivity (Wildman–Crippen MR) is 115 cm³/mol. The summed E-state index contributed by atoms with van der Waals surface area (Å²) in [6, 6.07) is 12.0. The number of hydrogen-bond donors (Lipinski definition) is 1. The number of aryl methyl sites for hydroxylation is 3. The molecule has 2 aromatic carbocycles. The van der Waals surface area contributed by atoms with Crippen molar-refractivity contribution in [3.63, 3.8) is 0 Å². The average Bonchev–Trinajstić information content (AvgIpc) is 3.31. The van der Waals surface area contributed by atoms with Gasteiger partial charge in [-0.2, -0.15) is 0 Å². The minimum Gasteiger partial charge on any atom is -0.351 e. The molecule has 0 saturated carbocycles. The third kappa shape index (κ3) is 4.02. The SMILES string of the molecule is Cc1ccc(-n2cnc3cc(C(=O)NCCSc4nncn4C)ccc32)c(C)c1. The molecule has 8 heteroatoms. The molecule has 2 aromatic heterocycles. The fraction of sp³-hybridized carbons (Fsp3) is 0.238. The lowest BCUT2D eigenvalue weighted by Gasteiger charge is -2.09. The number of hydrogen-bond acceptors (Lipinski definition) is 5. The lowest BCUT2D eigenvalue weighted by atomic mass is 10.1. The molecule has 0 aliphatic carbocycles. The molecule has 0 aliphatic heterocycles. The topological polar surface area (TPSA) is 77.6 Å². The standard InChI is InChI=1S/C21H22N6OS/c1-14-4-6-18(15(2)10-14)27-12-23-17-11-16(5-7-19(17)27)20(28)22-8-9-29-21-25-24-13-26(21)3/h4-7,10-13H,8-9H2,1-3H3,(H,22,28). The van der Waals surface area contributed by atoms with Gasteiger partial charge in [0.1, 0.15) is 12.7 Å². The number of thioether (sulfide) groups is 1. The molecule has 0 saturated heterocycles. The minimum absolute atomic E-state index is 0.105. The Balaban J connectivity index is 1.45. The summed E-state index contributed by atoms with van der Waals surface area (Å²) in [5, 5.41) is 11.6. The normalized spacial score (nSPS) is 11.1. The Bertz CT molecular complexity index is 1180. The van der Waals surface area contributed by atoms with Crippen LogP contribution in [0, 0.1) is 13.8 Å². The van der Waals surface area contributed by atoms with Gasteiger partial charge in [-0.15, -0.1) is 10.2 Å². The second-order valence-electron chi connectivity index (χ2n) is 6.94. The maximum Gasteiger partial charge on any atom is 0.251 e. The maximum atomic E-state index is 12.5. The molecule has 0 fully saturated rings. The zero-order valence-electron chi connectivity index (χ0n) is 16.6. The van der Waals surface area contributed by atoms with Crippen molar-refractivity contribution in [1.82, 2.24) is 29.6 Å². The van der Waals surface area contributed by atoms with E-state index in [1.54, 1.807) is 18.1 Å². The second-order valence-corrected chi connectivity index (χ2v) is 8.00. The molecular formula is C21H22N6OS. The number of nitrogens with one attached hydrogen (secondary N) is 1. The quantitative estimate of drug-likeness (QED) is 0.393. The Morgan fingerprint density at radius 2 is 2.00 bits per heavy atom. The highest BCUT2D eigenvalue weighted by molar-refractivity contribution is 7.99. The van der Waals surface area contributed by atoms with Crippen molar-refractivity contribution >= 4 is 28.7 Å². The molecule has 148 valence electrons. The molecule has 7 nitrogen and oxygen atoms in total. The molecule has 0 radical (unpaired) electrons. The van der Waals surface area contributed by atoms with Gasteiger partial charge < -0.3 is 9.88 Å². The Kier molecular flexibility index (Phi) is 5.35. The van der Waals surface area contributed by atoms with Crippen LogP contribution >= 0.6 is 11.8 Å². The molecule has 4 rings (SSSR count).